The van der Waals surface area contributed by atoms with Crippen molar-refractivity contribution in [2.45, 2.75) is 24.5 Å². The molecule has 0 saturated heterocycles. The monoisotopic (exact) mass is 684 g/mol. The number of hydrogen-bond acceptors (Lipinski definition) is 10. The predicted octanol–water partition coefficient (Wildman–Crippen LogP) is 8.56. The molecule has 0 aliphatic carbocycles. The quantitative estimate of drug-likeness (QED) is 0.117. The van der Waals surface area contributed by atoms with E-state index in [0.29, 0.717) is 23.0 Å². The van der Waals surface area contributed by atoms with E-state index >= 15 is 0 Å². The minimum Gasteiger partial charge on any atom is -0.508 e. The fraction of sp³-hybridized carbons (Fsp3) is 0.0625. The van der Waals surface area contributed by atoms with Crippen molar-refractivity contribution in [3.8, 4) is 28.7 Å². The van der Waals surface area contributed by atoms with Gasteiger partial charge in [-0.15, -0.1) is 12.6 Å². The lowest BCUT2D eigenvalue weighted by molar-refractivity contribution is 0.474. The van der Waals surface area contributed by atoms with Gasteiger partial charge in [-0.2, -0.15) is 0 Å². The van der Waals surface area contributed by atoms with Crippen molar-refractivity contribution in [2.75, 3.05) is 12.5 Å². The summed E-state index contributed by atoms with van der Waals surface area (Å²) in [7, 11) is -3.42. The Morgan fingerprint density at radius 2 is 0.955 bits per heavy atom. The number of aromatic hydroxyl groups is 1. The Morgan fingerprint density at radius 1 is 0.545 bits per heavy atom. The van der Waals surface area contributed by atoms with Gasteiger partial charge in [-0.3, -0.25) is 0 Å². The van der Waals surface area contributed by atoms with Gasteiger partial charge in [-0.05, 0) is 91.0 Å². The van der Waals surface area contributed by atoms with Crippen LogP contribution in [0, 0.1) is 0 Å². The normalized spacial score (nSPS) is 11.2. The van der Waals surface area contributed by atoms with Crippen LogP contribution in [0.2, 0.25) is 0 Å². The highest BCUT2D eigenvalue weighted by Gasteiger charge is 2.10. The zero-order valence-electron chi connectivity index (χ0n) is 23.5. The maximum atomic E-state index is 11.7. The van der Waals surface area contributed by atoms with E-state index < -0.39 is 19.7 Å². The van der Waals surface area contributed by atoms with E-state index in [4.69, 9.17) is 9.47 Å². The maximum absolute atomic E-state index is 11.7. The summed E-state index contributed by atoms with van der Waals surface area (Å²) in [6, 6.07) is 34.6. The second kappa shape index (κ2) is 15.0. The van der Waals surface area contributed by atoms with Crippen LogP contribution in [-0.4, -0.2) is 34.5 Å². The van der Waals surface area contributed by atoms with Crippen LogP contribution in [0.25, 0.3) is 0 Å². The number of phenols is 1. The first-order valence-electron chi connectivity index (χ1n) is 12.8. The third-order valence-corrected chi connectivity index (χ3v) is 10.5. The molecular formula is C32H28O7S5. The van der Waals surface area contributed by atoms with Crippen molar-refractivity contribution in [3.63, 3.8) is 0 Å². The summed E-state index contributed by atoms with van der Waals surface area (Å²) < 4.78 is 57.5. The van der Waals surface area contributed by atoms with Crippen LogP contribution in [0.3, 0.4) is 0 Å². The summed E-state index contributed by atoms with van der Waals surface area (Å²) >= 11 is 4.21. The molecule has 0 heterocycles. The SMILES string of the molecule is CS(=O)(=O)c1cccc(Oc2cccc(S)c2)c1.CS(=O)(=O)c1cccc(Oc2cccc(SSc3cccc(O)c3)c2)c1. The van der Waals surface area contributed by atoms with E-state index in [0.717, 1.165) is 14.7 Å². The molecule has 0 unspecified atom stereocenters. The van der Waals surface area contributed by atoms with Gasteiger partial charge in [0, 0.05) is 27.2 Å². The lowest BCUT2D eigenvalue weighted by Crippen LogP contribution is -1.97. The first-order valence-corrected chi connectivity index (χ1v) is 19.2. The number of benzene rings is 5. The van der Waals surface area contributed by atoms with Gasteiger partial charge >= 0.3 is 0 Å². The molecule has 0 radical (unpaired) electrons. The van der Waals surface area contributed by atoms with Gasteiger partial charge in [0.15, 0.2) is 19.7 Å². The molecule has 0 bridgehead atoms. The predicted molar refractivity (Wildman–Crippen MR) is 179 cm³/mol. The molecule has 0 fully saturated rings. The molecule has 5 aromatic rings. The van der Waals surface area contributed by atoms with E-state index in [-0.39, 0.29) is 15.5 Å². The Hall–Kier alpha value is -3.55. The summed E-state index contributed by atoms with van der Waals surface area (Å²) in [5.41, 5.74) is 0. The minimum atomic E-state index is -3.28. The number of phenolic OH excluding ortho intramolecular Hbond substituents is 1. The van der Waals surface area contributed by atoms with Crippen LogP contribution in [0.15, 0.2) is 146 Å². The number of rotatable bonds is 9. The summed E-state index contributed by atoms with van der Waals surface area (Å²) in [5, 5.41) is 9.51. The number of ether oxygens (including phenoxy) is 2. The van der Waals surface area contributed by atoms with E-state index in [1.807, 2.05) is 42.5 Å². The Morgan fingerprint density at radius 3 is 1.43 bits per heavy atom. The minimum absolute atomic E-state index is 0.222. The highest BCUT2D eigenvalue weighted by molar-refractivity contribution is 8.76. The fourth-order valence-electron chi connectivity index (χ4n) is 3.58. The third-order valence-electron chi connectivity index (χ3n) is 5.61. The molecule has 0 spiro atoms. The Bertz CT molecular complexity index is 1960. The van der Waals surface area contributed by atoms with Crippen LogP contribution in [0.1, 0.15) is 0 Å². The van der Waals surface area contributed by atoms with Crippen molar-refractivity contribution < 1.29 is 31.4 Å². The molecule has 0 aromatic heterocycles. The first-order chi connectivity index (χ1) is 20.8. The lowest BCUT2D eigenvalue weighted by Gasteiger charge is -2.08. The highest BCUT2D eigenvalue weighted by atomic mass is 33.1. The summed E-state index contributed by atoms with van der Waals surface area (Å²) in [6.45, 7) is 0. The second-order valence-corrected chi connectivity index (χ2v) is 16.2. The van der Waals surface area contributed by atoms with Gasteiger partial charge in [0.25, 0.3) is 0 Å². The van der Waals surface area contributed by atoms with Crippen LogP contribution >= 0.6 is 34.2 Å². The molecule has 5 aromatic carbocycles. The molecule has 0 aliphatic rings. The number of hydrogen-bond donors (Lipinski definition) is 2. The molecule has 0 aliphatic heterocycles. The molecule has 12 heteroatoms. The van der Waals surface area contributed by atoms with Gasteiger partial charge in [0.05, 0.1) is 9.79 Å². The van der Waals surface area contributed by atoms with Crippen molar-refractivity contribution >= 4 is 53.9 Å². The van der Waals surface area contributed by atoms with Crippen molar-refractivity contribution in [2.24, 2.45) is 0 Å². The molecule has 7 nitrogen and oxygen atoms in total. The van der Waals surface area contributed by atoms with Gasteiger partial charge in [-0.25, -0.2) is 16.8 Å². The second-order valence-electron chi connectivity index (χ2n) is 9.33. The van der Waals surface area contributed by atoms with Crippen molar-refractivity contribution in [3.05, 3.63) is 121 Å². The van der Waals surface area contributed by atoms with Crippen LogP contribution in [0.4, 0.5) is 0 Å². The van der Waals surface area contributed by atoms with Crippen LogP contribution < -0.4 is 9.47 Å². The van der Waals surface area contributed by atoms with E-state index in [1.54, 1.807) is 71.5 Å². The average Bonchev–Trinajstić information content (AvgIpc) is 2.96. The van der Waals surface area contributed by atoms with E-state index in [9.17, 15) is 21.9 Å². The zero-order valence-corrected chi connectivity index (χ0v) is 27.7. The smallest absolute Gasteiger partial charge is 0.175 e. The van der Waals surface area contributed by atoms with Gasteiger partial charge in [-0.1, -0.05) is 51.9 Å². The molecule has 0 saturated carbocycles. The van der Waals surface area contributed by atoms with E-state index in [1.165, 1.54) is 41.5 Å². The summed E-state index contributed by atoms with van der Waals surface area (Å²) in [4.78, 5) is 3.17. The largest absolute Gasteiger partial charge is 0.508 e. The number of sulfone groups is 2. The third kappa shape index (κ3) is 10.6. The molecule has 228 valence electrons. The zero-order chi connectivity index (χ0) is 31.7. The molecule has 0 amide bonds. The molecule has 1 N–H and O–H groups in total. The Balaban J connectivity index is 0.000000215. The average molecular weight is 685 g/mol. The van der Waals surface area contributed by atoms with Gasteiger partial charge in [0.1, 0.15) is 28.7 Å². The fourth-order valence-corrected chi connectivity index (χ4v) is 7.10. The van der Waals surface area contributed by atoms with Crippen LogP contribution in [-0.2, 0) is 19.7 Å². The first kappa shape index (κ1) is 33.3. The number of thiol groups is 1. The van der Waals surface area contributed by atoms with Crippen molar-refractivity contribution in [1.29, 1.82) is 0 Å². The van der Waals surface area contributed by atoms with Gasteiger partial charge in [0.2, 0.25) is 0 Å². The molecule has 5 rings (SSSR count). The Labute approximate surface area is 270 Å². The van der Waals surface area contributed by atoms with Crippen molar-refractivity contribution in [1.82, 2.24) is 0 Å². The molecule has 44 heavy (non-hydrogen) atoms. The topological polar surface area (TPSA) is 107 Å². The van der Waals surface area contributed by atoms with Gasteiger partial charge < -0.3 is 14.6 Å². The van der Waals surface area contributed by atoms with Crippen LogP contribution in [0.5, 0.6) is 28.7 Å². The maximum Gasteiger partial charge on any atom is 0.175 e. The molecular weight excluding hydrogens is 657 g/mol. The standard InChI is InChI=1S/C19H16O4S3.C13H12O3S2/c1-26(21,22)19-10-4-7-16(13-19)23-15-6-3-9-18(12-15)25-24-17-8-2-5-14(20)11-17;1-18(14,15)13-7-3-5-11(9-13)16-10-4-2-6-12(17)8-10/h2-13,20H,1H3;2-9,17H,1H3. The van der Waals surface area contributed by atoms with E-state index in [2.05, 4.69) is 12.6 Å². The summed E-state index contributed by atoms with van der Waals surface area (Å²) in [6.07, 6.45) is 2.34. The Kier molecular flexibility index (Phi) is 11.3. The summed E-state index contributed by atoms with van der Waals surface area (Å²) in [5.74, 6) is 2.43. The molecule has 0 atom stereocenters. The highest BCUT2D eigenvalue weighted by Crippen LogP contribution is 2.39. The lowest BCUT2D eigenvalue weighted by atomic mass is 10.3.